The van der Waals surface area contributed by atoms with E-state index in [1.165, 1.54) is 6.08 Å². The second-order valence-corrected chi connectivity index (χ2v) is 8.81. The summed E-state index contributed by atoms with van der Waals surface area (Å²) in [5.41, 5.74) is 0.0858. The van der Waals surface area contributed by atoms with Crippen molar-refractivity contribution in [2.45, 2.75) is 45.8 Å². The van der Waals surface area contributed by atoms with Crippen LogP contribution in [-0.4, -0.2) is 38.9 Å². The first kappa shape index (κ1) is 24.1. The molecule has 1 unspecified atom stereocenters. The van der Waals surface area contributed by atoms with Gasteiger partial charge in [0.05, 0.1) is 11.2 Å². The van der Waals surface area contributed by atoms with Crippen molar-refractivity contribution in [3.8, 4) is 17.0 Å². The predicted molar refractivity (Wildman–Crippen MR) is 121 cm³/mol. The van der Waals surface area contributed by atoms with Gasteiger partial charge in [0.15, 0.2) is 5.82 Å². The summed E-state index contributed by atoms with van der Waals surface area (Å²) >= 11 is 0. The molecule has 10 heteroatoms. The van der Waals surface area contributed by atoms with E-state index in [4.69, 9.17) is 0 Å². The number of phenolic OH excluding ortho intramolecular Hbond substituents is 1. The van der Waals surface area contributed by atoms with Gasteiger partial charge in [-0.05, 0) is 45.2 Å². The van der Waals surface area contributed by atoms with Gasteiger partial charge in [-0.15, -0.1) is 0 Å². The molecule has 1 heterocycles. The minimum absolute atomic E-state index is 0.0779. The number of aromatic amines is 1. The molecule has 1 atom stereocenters. The highest BCUT2D eigenvalue weighted by Gasteiger charge is 2.36. The normalized spacial score (nSPS) is 17.3. The minimum atomic E-state index is -4.42. The molecule has 0 fully saturated rings. The molecule has 0 saturated carbocycles. The van der Waals surface area contributed by atoms with Crippen molar-refractivity contribution in [3.05, 3.63) is 53.6 Å². The van der Waals surface area contributed by atoms with Gasteiger partial charge in [-0.2, -0.15) is 18.3 Å². The third kappa shape index (κ3) is 6.24. The van der Waals surface area contributed by atoms with Gasteiger partial charge in [-0.25, -0.2) is 4.99 Å². The molecule has 3 rings (SSSR count). The van der Waals surface area contributed by atoms with Crippen LogP contribution in [0.5, 0.6) is 5.75 Å². The van der Waals surface area contributed by atoms with Gasteiger partial charge in [0, 0.05) is 22.8 Å². The number of hydrogen-bond acceptors (Lipinski definition) is 4. The molecule has 0 aliphatic heterocycles. The van der Waals surface area contributed by atoms with Gasteiger partial charge in [0.2, 0.25) is 5.96 Å². The zero-order chi connectivity index (χ0) is 24.4. The Bertz CT molecular complexity index is 1120. The maximum atomic E-state index is 13.0. The summed E-state index contributed by atoms with van der Waals surface area (Å²) < 4.78 is 38.9. The molecule has 1 aliphatic rings. The first-order chi connectivity index (χ1) is 15.3. The molecule has 33 heavy (non-hydrogen) atoms. The first-order valence-electron chi connectivity index (χ1n) is 10.3. The summed E-state index contributed by atoms with van der Waals surface area (Å²) in [6.45, 7) is 7.07. The van der Waals surface area contributed by atoms with Crippen LogP contribution in [0.25, 0.3) is 11.3 Å². The molecule has 2 aromatic rings. The maximum absolute atomic E-state index is 13.0. The van der Waals surface area contributed by atoms with Gasteiger partial charge in [-0.1, -0.05) is 31.2 Å². The number of guanidine groups is 1. The molecule has 1 aliphatic carbocycles. The van der Waals surface area contributed by atoms with E-state index in [1.807, 2.05) is 20.8 Å². The van der Waals surface area contributed by atoms with Gasteiger partial charge >= 0.3 is 6.18 Å². The van der Waals surface area contributed by atoms with Crippen LogP contribution in [-0.2, 0) is 4.79 Å². The van der Waals surface area contributed by atoms with E-state index in [2.05, 4.69) is 25.8 Å². The molecule has 0 saturated heterocycles. The Morgan fingerprint density at radius 2 is 1.91 bits per heavy atom. The lowest BCUT2D eigenvalue weighted by molar-refractivity contribution is -0.117. The van der Waals surface area contributed by atoms with Crippen LogP contribution in [0.2, 0.25) is 0 Å². The third-order valence-electron chi connectivity index (χ3n) is 4.85. The largest absolute Gasteiger partial charge is 0.507 e. The van der Waals surface area contributed by atoms with E-state index in [0.717, 1.165) is 6.08 Å². The highest BCUT2D eigenvalue weighted by Crippen LogP contribution is 2.35. The Morgan fingerprint density at radius 1 is 1.21 bits per heavy atom. The molecule has 1 amide bonds. The number of aromatic hydroxyl groups is 1. The summed E-state index contributed by atoms with van der Waals surface area (Å²) in [5, 5.41) is 22.6. The molecule has 1 aromatic heterocycles. The van der Waals surface area contributed by atoms with E-state index in [1.54, 1.807) is 37.3 Å². The van der Waals surface area contributed by atoms with Crippen molar-refractivity contribution < 1.29 is 23.1 Å². The Kier molecular flexibility index (Phi) is 6.66. The first-order valence-corrected chi connectivity index (χ1v) is 10.3. The number of para-hydroxylation sites is 1. The van der Waals surface area contributed by atoms with Crippen molar-refractivity contribution in [3.63, 3.8) is 0 Å². The van der Waals surface area contributed by atoms with Gasteiger partial charge in [-0.3, -0.25) is 15.2 Å². The number of allylic oxidation sites excluding steroid dienone is 3. The second-order valence-electron chi connectivity index (χ2n) is 8.81. The predicted octanol–water partition coefficient (Wildman–Crippen LogP) is 4.92. The smallest absolute Gasteiger partial charge is 0.412 e. The number of nitrogens with zero attached hydrogens (tertiary/aromatic N) is 2. The van der Waals surface area contributed by atoms with Crippen LogP contribution in [0.1, 0.15) is 34.1 Å². The molecule has 4 N–H and O–H groups in total. The topological polar surface area (TPSA) is 102 Å². The molecule has 0 radical (unpaired) electrons. The number of carbonyl (C=O) groups is 1. The maximum Gasteiger partial charge on any atom is 0.412 e. The molecule has 7 nitrogen and oxygen atoms in total. The van der Waals surface area contributed by atoms with Gasteiger partial charge in [0.1, 0.15) is 5.75 Å². The summed E-state index contributed by atoms with van der Waals surface area (Å²) in [4.78, 5) is 17.3. The average Bonchev–Trinajstić information content (AvgIpc) is 3.14. The Labute approximate surface area is 189 Å². The SMILES string of the molecule is CC1CC(C(F)(F)F)=CC=C1C(=O)NC(=NC(C)(C)C)Nc1cc(-c2ccccc2O)[nH]n1. The zero-order valence-corrected chi connectivity index (χ0v) is 18.7. The fourth-order valence-electron chi connectivity index (χ4n) is 3.32. The van der Waals surface area contributed by atoms with Crippen LogP contribution in [0.3, 0.4) is 0 Å². The molecule has 0 spiro atoms. The zero-order valence-electron chi connectivity index (χ0n) is 18.7. The molecule has 1 aromatic carbocycles. The third-order valence-corrected chi connectivity index (χ3v) is 4.85. The van der Waals surface area contributed by atoms with E-state index in [-0.39, 0.29) is 23.7 Å². The minimum Gasteiger partial charge on any atom is -0.507 e. The summed E-state index contributed by atoms with van der Waals surface area (Å²) in [6.07, 6.45) is -2.55. The van der Waals surface area contributed by atoms with Crippen molar-refractivity contribution in [1.82, 2.24) is 15.5 Å². The summed E-state index contributed by atoms with van der Waals surface area (Å²) in [6, 6.07) is 8.38. The summed E-state index contributed by atoms with van der Waals surface area (Å²) in [5.74, 6) is -0.649. The molecule has 0 bridgehead atoms. The van der Waals surface area contributed by atoms with Gasteiger partial charge in [0.25, 0.3) is 5.91 Å². The highest BCUT2D eigenvalue weighted by atomic mass is 19.4. The fraction of sp³-hybridized carbons (Fsp3) is 0.348. The van der Waals surface area contributed by atoms with Crippen molar-refractivity contribution in [1.29, 1.82) is 0 Å². The number of hydrogen-bond donors (Lipinski definition) is 4. The average molecular weight is 461 g/mol. The monoisotopic (exact) mass is 461 g/mol. The molecule has 176 valence electrons. The van der Waals surface area contributed by atoms with Crippen LogP contribution in [0.15, 0.2) is 58.6 Å². The second kappa shape index (κ2) is 9.13. The van der Waals surface area contributed by atoms with Crippen molar-refractivity contribution in [2.24, 2.45) is 10.9 Å². The lowest BCUT2D eigenvalue weighted by Gasteiger charge is -2.23. The molecular formula is C23H26F3N5O2. The standard InChI is InChI=1S/C23H26F3N5O2/c1-13-11-14(23(24,25)26)9-10-15(13)20(33)28-21(29-22(2,3)4)27-19-12-17(30-31-19)16-7-5-6-8-18(16)32/h5-10,12-13,32H,11H2,1-4H3,(H3,27,28,29,30,31,33). The quantitative estimate of drug-likeness (QED) is 0.385. The highest BCUT2D eigenvalue weighted by molar-refractivity contribution is 6.10. The number of carbonyl (C=O) groups excluding carboxylic acids is 1. The van der Waals surface area contributed by atoms with E-state index >= 15 is 0 Å². The van der Waals surface area contributed by atoms with E-state index < -0.39 is 29.1 Å². The number of H-pyrrole nitrogens is 1. The van der Waals surface area contributed by atoms with Crippen LogP contribution in [0.4, 0.5) is 19.0 Å². The number of aliphatic imine (C=N–C) groups is 1. The number of alkyl halides is 3. The number of phenols is 1. The number of benzene rings is 1. The number of aromatic nitrogens is 2. The van der Waals surface area contributed by atoms with Crippen LogP contribution >= 0.6 is 0 Å². The summed E-state index contributed by atoms with van der Waals surface area (Å²) in [7, 11) is 0. The van der Waals surface area contributed by atoms with Crippen molar-refractivity contribution in [2.75, 3.05) is 5.32 Å². The molecular weight excluding hydrogens is 435 g/mol. The fourth-order valence-corrected chi connectivity index (χ4v) is 3.32. The van der Waals surface area contributed by atoms with Gasteiger partial charge < -0.3 is 10.4 Å². The number of amides is 1. The number of halogens is 3. The van der Waals surface area contributed by atoms with E-state index in [0.29, 0.717) is 17.1 Å². The van der Waals surface area contributed by atoms with Crippen molar-refractivity contribution >= 4 is 17.7 Å². The van der Waals surface area contributed by atoms with Crippen LogP contribution < -0.4 is 10.6 Å². The number of nitrogens with one attached hydrogen (secondary N) is 3. The number of anilines is 1. The Hall–Kier alpha value is -3.56. The Balaban J connectivity index is 1.82. The lowest BCUT2D eigenvalue weighted by atomic mass is 9.87. The van der Waals surface area contributed by atoms with Crippen LogP contribution in [0, 0.1) is 5.92 Å². The number of rotatable bonds is 3. The Morgan fingerprint density at radius 3 is 2.52 bits per heavy atom. The lowest BCUT2D eigenvalue weighted by Crippen LogP contribution is -2.40. The van der Waals surface area contributed by atoms with E-state index in [9.17, 15) is 23.1 Å².